The van der Waals surface area contributed by atoms with E-state index in [1.807, 2.05) is 0 Å². The minimum absolute atomic E-state index is 0. The molecule has 1 aromatic carbocycles. The van der Waals surface area contributed by atoms with Gasteiger partial charge < -0.3 is 24.8 Å². The number of nitrogens with zero attached hydrogens (tertiary/aromatic N) is 1. The summed E-state index contributed by atoms with van der Waals surface area (Å²) in [6.07, 6.45) is 2.18. The first kappa shape index (κ1) is 25.0. The fourth-order valence-electron chi connectivity index (χ4n) is 2.77. The summed E-state index contributed by atoms with van der Waals surface area (Å²) >= 11 is 0. The van der Waals surface area contributed by atoms with E-state index < -0.39 is 0 Å². The van der Waals surface area contributed by atoms with Crippen molar-refractivity contribution >= 4 is 29.9 Å². The number of benzene rings is 1. The second-order valence-corrected chi connectivity index (χ2v) is 7.36. The zero-order valence-corrected chi connectivity index (χ0v) is 20.0. The molecule has 0 aromatic heterocycles. The zero-order valence-electron chi connectivity index (χ0n) is 17.6. The predicted molar refractivity (Wildman–Crippen MR) is 125 cm³/mol. The Morgan fingerprint density at radius 3 is 2.79 bits per heavy atom. The lowest BCUT2D eigenvalue weighted by atomic mass is 10.1. The second kappa shape index (κ2) is 14.0. The van der Waals surface area contributed by atoms with E-state index in [-0.39, 0.29) is 30.1 Å². The Balaban J connectivity index is 0.00000392. The monoisotopic (exact) mass is 505 g/mol. The molecule has 2 rings (SSSR count). The van der Waals surface area contributed by atoms with Crippen LogP contribution in [-0.4, -0.2) is 52.1 Å². The molecule has 28 heavy (non-hydrogen) atoms. The van der Waals surface area contributed by atoms with E-state index in [9.17, 15) is 0 Å². The van der Waals surface area contributed by atoms with Gasteiger partial charge in [-0.05, 0) is 30.9 Å². The molecule has 2 N–H and O–H groups in total. The average Bonchev–Trinajstić information content (AvgIpc) is 3.14. The van der Waals surface area contributed by atoms with Gasteiger partial charge in [0.05, 0.1) is 19.8 Å². The van der Waals surface area contributed by atoms with Crippen molar-refractivity contribution in [2.75, 3.05) is 40.0 Å². The molecule has 1 aromatic rings. The standard InChI is InChI=1S/C21H35N3O3.HI/c1-16(2)7-10-25-12-9-23-21(22-4)24-14-18-6-5-17(3)13-20(18)27-19-8-11-26-15-19;/h5-6,13,16,19H,7-12,14-15H2,1-4H3,(H2,22,23,24);1H. The Morgan fingerprint density at radius 2 is 2.11 bits per heavy atom. The first-order valence-corrected chi connectivity index (χ1v) is 9.94. The van der Waals surface area contributed by atoms with Crippen LogP contribution in [0.1, 0.15) is 37.8 Å². The van der Waals surface area contributed by atoms with E-state index in [1.54, 1.807) is 7.05 Å². The van der Waals surface area contributed by atoms with Crippen molar-refractivity contribution in [2.45, 2.75) is 46.3 Å². The molecule has 0 saturated carbocycles. The molecule has 1 fully saturated rings. The fourth-order valence-corrected chi connectivity index (χ4v) is 2.77. The summed E-state index contributed by atoms with van der Waals surface area (Å²) in [5, 5.41) is 6.64. The number of nitrogens with one attached hydrogen (secondary N) is 2. The minimum atomic E-state index is 0. The van der Waals surface area contributed by atoms with Crippen molar-refractivity contribution < 1.29 is 14.2 Å². The largest absolute Gasteiger partial charge is 0.488 e. The molecule has 160 valence electrons. The van der Waals surface area contributed by atoms with E-state index in [0.717, 1.165) is 49.9 Å². The normalized spacial score (nSPS) is 16.8. The lowest BCUT2D eigenvalue weighted by Crippen LogP contribution is -2.38. The van der Waals surface area contributed by atoms with Crippen molar-refractivity contribution in [1.29, 1.82) is 0 Å². The van der Waals surface area contributed by atoms with Gasteiger partial charge >= 0.3 is 0 Å². The highest BCUT2D eigenvalue weighted by Crippen LogP contribution is 2.23. The van der Waals surface area contributed by atoms with E-state index in [2.05, 4.69) is 54.6 Å². The average molecular weight is 505 g/mol. The number of guanidine groups is 1. The van der Waals surface area contributed by atoms with E-state index in [4.69, 9.17) is 14.2 Å². The van der Waals surface area contributed by atoms with E-state index in [0.29, 0.717) is 25.7 Å². The fraction of sp³-hybridized carbons (Fsp3) is 0.667. The zero-order chi connectivity index (χ0) is 19.5. The van der Waals surface area contributed by atoms with Crippen molar-refractivity contribution in [2.24, 2.45) is 10.9 Å². The quantitative estimate of drug-likeness (QED) is 0.221. The number of halogens is 1. The van der Waals surface area contributed by atoms with Crippen LogP contribution in [0, 0.1) is 12.8 Å². The van der Waals surface area contributed by atoms with Gasteiger partial charge in [-0.2, -0.15) is 0 Å². The third-order valence-electron chi connectivity index (χ3n) is 4.45. The molecule has 1 unspecified atom stereocenters. The topological polar surface area (TPSA) is 64.1 Å². The van der Waals surface area contributed by atoms with Crippen molar-refractivity contribution in [3.63, 3.8) is 0 Å². The number of aliphatic imine (C=N–C) groups is 1. The molecular formula is C21H36IN3O3. The maximum Gasteiger partial charge on any atom is 0.191 e. The SMILES string of the molecule is CN=C(NCCOCCC(C)C)NCc1ccc(C)cc1OC1CCOC1.I. The summed E-state index contributed by atoms with van der Waals surface area (Å²) in [4.78, 5) is 4.28. The molecule has 6 nitrogen and oxygen atoms in total. The number of aryl methyl sites for hydroxylation is 1. The number of rotatable bonds is 10. The van der Waals surface area contributed by atoms with Gasteiger partial charge in [0, 0.05) is 38.7 Å². The molecule has 0 aliphatic carbocycles. The maximum atomic E-state index is 6.15. The van der Waals surface area contributed by atoms with Crippen LogP contribution in [-0.2, 0) is 16.0 Å². The molecule has 1 atom stereocenters. The van der Waals surface area contributed by atoms with Gasteiger partial charge in [0.1, 0.15) is 11.9 Å². The van der Waals surface area contributed by atoms with Crippen LogP contribution in [0.4, 0.5) is 0 Å². The lowest BCUT2D eigenvalue weighted by Gasteiger charge is -2.18. The third-order valence-corrected chi connectivity index (χ3v) is 4.45. The van der Waals surface area contributed by atoms with Gasteiger partial charge in [0.2, 0.25) is 0 Å². The summed E-state index contributed by atoms with van der Waals surface area (Å²) in [7, 11) is 1.78. The van der Waals surface area contributed by atoms with Gasteiger partial charge in [-0.25, -0.2) is 0 Å². The van der Waals surface area contributed by atoms with Gasteiger partial charge in [-0.15, -0.1) is 24.0 Å². The lowest BCUT2D eigenvalue weighted by molar-refractivity contribution is 0.128. The molecule has 1 heterocycles. The van der Waals surface area contributed by atoms with E-state index >= 15 is 0 Å². The Hall–Kier alpha value is -1.06. The highest BCUT2D eigenvalue weighted by atomic mass is 127. The van der Waals surface area contributed by atoms with Gasteiger partial charge in [0.25, 0.3) is 0 Å². The highest BCUT2D eigenvalue weighted by molar-refractivity contribution is 14.0. The van der Waals surface area contributed by atoms with Gasteiger partial charge in [0.15, 0.2) is 5.96 Å². The van der Waals surface area contributed by atoms with Crippen LogP contribution in [0.5, 0.6) is 5.75 Å². The smallest absolute Gasteiger partial charge is 0.191 e. The van der Waals surface area contributed by atoms with Crippen LogP contribution < -0.4 is 15.4 Å². The van der Waals surface area contributed by atoms with Crippen LogP contribution in [0.25, 0.3) is 0 Å². The third kappa shape index (κ3) is 9.43. The highest BCUT2D eigenvalue weighted by Gasteiger charge is 2.18. The summed E-state index contributed by atoms with van der Waals surface area (Å²) in [6.45, 7) is 10.8. The van der Waals surface area contributed by atoms with Crippen LogP contribution >= 0.6 is 24.0 Å². The molecule has 1 aliphatic heterocycles. The predicted octanol–water partition coefficient (Wildman–Crippen LogP) is 3.51. The minimum Gasteiger partial charge on any atom is -0.488 e. The molecule has 1 aliphatic rings. The number of hydrogen-bond acceptors (Lipinski definition) is 4. The van der Waals surface area contributed by atoms with Crippen molar-refractivity contribution in [3.05, 3.63) is 29.3 Å². The molecule has 0 amide bonds. The molecular weight excluding hydrogens is 469 g/mol. The molecule has 0 spiro atoms. The number of ether oxygens (including phenoxy) is 3. The van der Waals surface area contributed by atoms with Crippen LogP contribution in [0.15, 0.2) is 23.2 Å². The van der Waals surface area contributed by atoms with Gasteiger partial charge in [-0.3, -0.25) is 4.99 Å². The maximum absolute atomic E-state index is 6.15. The van der Waals surface area contributed by atoms with Crippen molar-refractivity contribution in [3.8, 4) is 5.75 Å². The summed E-state index contributed by atoms with van der Waals surface area (Å²) in [5.41, 5.74) is 2.30. The summed E-state index contributed by atoms with van der Waals surface area (Å²) < 4.78 is 17.2. The molecule has 1 saturated heterocycles. The van der Waals surface area contributed by atoms with Crippen molar-refractivity contribution in [1.82, 2.24) is 10.6 Å². The van der Waals surface area contributed by atoms with Crippen LogP contribution in [0.3, 0.4) is 0 Å². The Bertz CT molecular complexity index is 590. The van der Waals surface area contributed by atoms with Crippen LogP contribution in [0.2, 0.25) is 0 Å². The van der Waals surface area contributed by atoms with Gasteiger partial charge in [-0.1, -0.05) is 26.0 Å². The Morgan fingerprint density at radius 1 is 1.29 bits per heavy atom. The molecule has 0 radical (unpaired) electrons. The molecule has 0 bridgehead atoms. The Kier molecular flexibility index (Phi) is 12.5. The molecule has 7 heteroatoms. The Labute approximate surface area is 186 Å². The summed E-state index contributed by atoms with van der Waals surface area (Å²) in [5.74, 6) is 2.36. The second-order valence-electron chi connectivity index (χ2n) is 7.36. The number of hydrogen-bond donors (Lipinski definition) is 2. The van der Waals surface area contributed by atoms with E-state index in [1.165, 1.54) is 5.56 Å². The first-order valence-electron chi connectivity index (χ1n) is 9.94. The first-order chi connectivity index (χ1) is 13.1. The summed E-state index contributed by atoms with van der Waals surface area (Å²) in [6, 6.07) is 6.30.